The van der Waals surface area contributed by atoms with Crippen molar-refractivity contribution in [2.24, 2.45) is 10.1 Å². The van der Waals surface area contributed by atoms with Gasteiger partial charge >= 0.3 is 0 Å². The molecule has 0 saturated heterocycles. The van der Waals surface area contributed by atoms with Gasteiger partial charge in [0.1, 0.15) is 5.70 Å². The number of hydrogen-bond acceptors (Lipinski definition) is 6. The molecule has 0 aliphatic carbocycles. The Morgan fingerprint density at radius 1 is 1.28 bits per heavy atom. The molecule has 2 aliphatic heterocycles. The summed E-state index contributed by atoms with van der Waals surface area (Å²) in [5, 5.41) is 11.7. The maximum atomic E-state index is 12.8. The first-order valence-electron chi connectivity index (χ1n) is 8.23. The maximum Gasteiger partial charge on any atom is 0.276 e. The van der Waals surface area contributed by atoms with E-state index in [0.717, 1.165) is 27.6 Å². The Kier molecular flexibility index (Phi) is 4.35. The number of amidine groups is 1. The van der Waals surface area contributed by atoms with Crippen molar-refractivity contribution in [3.63, 3.8) is 0 Å². The van der Waals surface area contributed by atoms with Gasteiger partial charge in [0, 0.05) is 15.8 Å². The van der Waals surface area contributed by atoms with Crippen LogP contribution in [0, 0.1) is 6.92 Å². The molecule has 2 aliphatic rings. The third-order valence-corrected chi connectivity index (χ3v) is 6.08. The van der Waals surface area contributed by atoms with Crippen LogP contribution in [0.2, 0.25) is 0 Å². The van der Waals surface area contributed by atoms with Gasteiger partial charge in [-0.1, -0.05) is 36.9 Å². The lowest BCUT2D eigenvalue weighted by atomic mass is 10.1. The average Bonchev–Trinajstić information content (AvgIpc) is 3.05. The Labute approximate surface area is 154 Å². The van der Waals surface area contributed by atoms with E-state index in [9.17, 15) is 4.79 Å². The highest BCUT2D eigenvalue weighted by atomic mass is 32.2. The SMILES string of the molecule is CCCSC1=NN2C(=c3ccccc3=NC2c2ccc(C)s2)C(=O)N1. The Hall–Kier alpha value is -2.12. The lowest BCUT2D eigenvalue weighted by molar-refractivity contribution is -0.116. The molecule has 2 aromatic rings. The van der Waals surface area contributed by atoms with Crippen LogP contribution in [0.3, 0.4) is 0 Å². The number of rotatable bonds is 3. The van der Waals surface area contributed by atoms with E-state index in [1.54, 1.807) is 28.1 Å². The zero-order valence-corrected chi connectivity index (χ0v) is 15.7. The summed E-state index contributed by atoms with van der Waals surface area (Å²) >= 11 is 3.25. The molecule has 1 amide bonds. The van der Waals surface area contributed by atoms with Gasteiger partial charge in [0.05, 0.1) is 10.2 Å². The highest BCUT2D eigenvalue weighted by molar-refractivity contribution is 8.13. The molecule has 4 rings (SSSR count). The van der Waals surface area contributed by atoms with Crippen molar-refractivity contribution in [2.75, 3.05) is 5.75 Å². The first kappa shape index (κ1) is 16.4. The number of para-hydroxylation sites is 1. The smallest absolute Gasteiger partial charge is 0.276 e. The number of aryl methyl sites for hydroxylation is 1. The predicted molar refractivity (Wildman–Crippen MR) is 103 cm³/mol. The highest BCUT2D eigenvalue weighted by Gasteiger charge is 2.34. The number of fused-ring (bicyclic) bond motifs is 2. The lowest BCUT2D eigenvalue weighted by Crippen LogP contribution is -2.50. The van der Waals surface area contributed by atoms with Crippen LogP contribution in [0.25, 0.3) is 5.70 Å². The van der Waals surface area contributed by atoms with Crippen molar-refractivity contribution in [1.29, 1.82) is 0 Å². The number of thiophene rings is 1. The summed E-state index contributed by atoms with van der Waals surface area (Å²) in [6.07, 6.45) is 0.725. The normalized spacial score (nSPS) is 18.9. The number of benzene rings is 1. The van der Waals surface area contributed by atoms with E-state index in [1.165, 1.54) is 4.88 Å². The Bertz CT molecular complexity index is 979. The molecule has 1 unspecified atom stereocenters. The molecule has 1 atom stereocenters. The molecule has 0 fully saturated rings. The number of nitrogens with zero attached hydrogens (tertiary/aromatic N) is 3. The van der Waals surface area contributed by atoms with Gasteiger partial charge in [-0.05, 0) is 31.5 Å². The molecule has 0 radical (unpaired) electrons. The van der Waals surface area contributed by atoms with Gasteiger partial charge in [-0.25, -0.2) is 5.01 Å². The van der Waals surface area contributed by atoms with Gasteiger partial charge in [0.15, 0.2) is 11.3 Å². The van der Waals surface area contributed by atoms with Crippen molar-refractivity contribution in [3.8, 4) is 0 Å². The standard InChI is InChI=1S/C18H18N4OS2/c1-3-10-24-18-20-17(23)15-12-6-4-5-7-13(12)19-16(22(15)21-18)14-9-8-11(2)25-14/h4-9,16H,3,10H2,1-2H3,(H,20,21,23). The van der Waals surface area contributed by atoms with Gasteiger partial charge in [0.2, 0.25) is 0 Å². The number of thioether (sulfide) groups is 1. The molecule has 0 bridgehead atoms. The van der Waals surface area contributed by atoms with Crippen LogP contribution >= 0.6 is 23.1 Å². The van der Waals surface area contributed by atoms with E-state index in [4.69, 9.17) is 10.1 Å². The van der Waals surface area contributed by atoms with E-state index >= 15 is 0 Å². The van der Waals surface area contributed by atoms with Crippen LogP contribution in [0.5, 0.6) is 0 Å². The van der Waals surface area contributed by atoms with Crippen LogP contribution in [0.1, 0.15) is 29.3 Å². The molecule has 5 nitrogen and oxygen atoms in total. The second-order valence-electron chi connectivity index (χ2n) is 5.87. The van der Waals surface area contributed by atoms with E-state index in [0.29, 0.717) is 10.9 Å². The molecule has 3 heterocycles. The molecule has 7 heteroatoms. The van der Waals surface area contributed by atoms with Gasteiger partial charge < -0.3 is 0 Å². The molecule has 0 spiro atoms. The zero-order chi connectivity index (χ0) is 17.4. The Morgan fingerprint density at radius 2 is 2.12 bits per heavy atom. The summed E-state index contributed by atoms with van der Waals surface area (Å²) in [6.45, 7) is 4.18. The Morgan fingerprint density at radius 3 is 2.88 bits per heavy atom. The fourth-order valence-corrected chi connectivity index (χ4v) is 4.48. The number of carbonyl (C=O) groups is 1. The largest absolute Gasteiger partial charge is 0.298 e. The van der Waals surface area contributed by atoms with Crippen LogP contribution in [-0.4, -0.2) is 21.8 Å². The average molecular weight is 371 g/mol. The molecular formula is C18H18N4OS2. The first-order chi connectivity index (χ1) is 12.2. The van der Waals surface area contributed by atoms with Crippen molar-refractivity contribution >= 4 is 39.9 Å². The van der Waals surface area contributed by atoms with Gasteiger partial charge in [-0.2, -0.15) is 0 Å². The summed E-state index contributed by atoms with van der Waals surface area (Å²) in [7, 11) is 0. The third kappa shape index (κ3) is 2.98. The Balaban J connectivity index is 1.89. The van der Waals surface area contributed by atoms with Crippen LogP contribution in [0.4, 0.5) is 0 Å². The van der Waals surface area contributed by atoms with Crippen molar-refractivity contribution < 1.29 is 4.79 Å². The van der Waals surface area contributed by atoms with E-state index < -0.39 is 0 Å². The van der Waals surface area contributed by atoms with Crippen molar-refractivity contribution in [3.05, 3.63) is 56.7 Å². The number of nitrogens with one attached hydrogen (secondary N) is 1. The van der Waals surface area contributed by atoms with Crippen molar-refractivity contribution in [2.45, 2.75) is 26.4 Å². The lowest BCUT2D eigenvalue weighted by Gasteiger charge is -2.33. The summed E-state index contributed by atoms with van der Waals surface area (Å²) in [4.78, 5) is 20.0. The summed E-state index contributed by atoms with van der Waals surface area (Å²) in [5.41, 5.74) is 0.572. The predicted octanol–water partition coefficient (Wildman–Crippen LogP) is 2.34. The summed E-state index contributed by atoms with van der Waals surface area (Å²) in [6, 6.07) is 11.9. The number of carbonyl (C=O) groups excluding carboxylic acids is 1. The quantitative estimate of drug-likeness (QED) is 0.902. The van der Waals surface area contributed by atoms with Crippen LogP contribution < -0.4 is 15.9 Å². The van der Waals surface area contributed by atoms with E-state index in [2.05, 4.69) is 31.3 Å². The third-order valence-electron chi connectivity index (χ3n) is 3.97. The second-order valence-corrected chi connectivity index (χ2v) is 8.27. The fourth-order valence-electron chi connectivity index (χ4n) is 2.87. The monoisotopic (exact) mass is 370 g/mol. The molecule has 1 N–H and O–H groups in total. The van der Waals surface area contributed by atoms with E-state index in [1.807, 2.05) is 24.3 Å². The number of hydrogen-bond donors (Lipinski definition) is 1. The minimum atomic E-state index is -0.299. The van der Waals surface area contributed by atoms with Gasteiger partial charge in [-0.15, -0.1) is 16.4 Å². The maximum absolute atomic E-state index is 12.8. The van der Waals surface area contributed by atoms with Crippen LogP contribution in [0.15, 0.2) is 46.5 Å². The second kappa shape index (κ2) is 6.65. The number of amides is 1. The summed E-state index contributed by atoms with van der Waals surface area (Å²) in [5.74, 6) is 0.799. The molecule has 0 saturated carbocycles. The van der Waals surface area contributed by atoms with Crippen molar-refractivity contribution in [1.82, 2.24) is 10.3 Å². The fraction of sp³-hybridized carbons (Fsp3) is 0.278. The minimum absolute atomic E-state index is 0.116. The molecule has 1 aromatic carbocycles. The van der Waals surface area contributed by atoms with Gasteiger partial charge in [0.25, 0.3) is 5.91 Å². The molecule has 128 valence electrons. The first-order valence-corrected chi connectivity index (χ1v) is 10.0. The molecule has 25 heavy (non-hydrogen) atoms. The van der Waals surface area contributed by atoms with E-state index in [-0.39, 0.29) is 12.1 Å². The zero-order valence-electron chi connectivity index (χ0n) is 14.0. The molecule has 1 aromatic heterocycles. The highest BCUT2D eigenvalue weighted by Crippen LogP contribution is 2.34. The minimum Gasteiger partial charge on any atom is -0.298 e. The summed E-state index contributed by atoms with van der Waals surface area (Å²) < 4.78 is 0. The number of hydrazone groups is 1. The topological polar surface area (TPSA) is 57.1 Å². The molecular weight excluding hydrogens is 352 g/mol. The van der Waals surface area contributed by atoms with Crippen LogP contribution in [-0.2, 0) is 4.79 Å². The van der Waals surface area contributed by atoms with Gasteiger partial charge in [-0.3, -0.25) is 15.1 Å².